The Morgan fingerprint density at radius 2 is 1.83 bits per heavy atom. The van der Waals surface area contributed by atoms with Gasteiger partial charge in [-0.2, -0.15) is 0 Å². The third-order valence-corrected chi connectivity index (χ3v) is 2.11. The van der Waals surface area contributed by atoms with E-state index in [9.17, 15) is 23.5 Å². The number of rotatable bonds is 4. The molecule has 5 nitrogen and oxygen atoms in total. The Labute approximate surface area is 101 Å². The molecule has 2 N–H and O–H groups in total. The first kappa shape index (κ1) is 14.0. The van der Waals surface area contributed by atoms with E-state index in [1.165, 1.54) is 6.92 Å². The van der Waals surface area contributed by atoms with Crippen molar-refractivity contribution in [1.82, 2.24) is 0 Å². The predicted molar refractivity (Wildman–Crippen MR) is 54.9 cm³/mol. The first-order chi connectivity index (χ1) is 8.38. The number of aliphatic hydroxyl groups excluding tert-OH is 1. The molecule has 18 heavy (non-hydrogen) atoms. The lowest BCUT2D eigenvalue weighted by Gasteiger charge is -2.12. The van der Waals surface area contributed by atoms with E-state index >= 15 is 0 Å². The Morgan fingerprint density at radius 1 is 1.33 bits per heavy atom. The van der Waals surface area contributed by atoms with Gasteiger partial charge in [0.15, 0.2) is 6.10 Å². The number of halogens is 2. The molecule has 0 fully saturated rings. The molecular weight excluding hydrogens is 250 g/mol. The normalized spacial score (nSPS) is 12.0. The molecule has 1 aromatic carbocycles. The van der Waals surface area contributed by atoms with E-state index in [4.69, 9.17) is 5.11 Å². The first-order valence-electron chi connectivity index (χ1n) is 4.95. The summed E-state index contributed by atoms with van der Waals surface area (Å²) >= 11 is 0. The lowest BCUT2D eigenvalue weighted by molar-refractivity contribution is -0.153. The third kappa shape index (κ3) is 2.80. The van der Waals surface area contributed by atoms with Crippen molar-refractivity contribution in [3.05, 3.63) is 34.9 Å². The average Bonchev–Trinajstić information content (AvgIpc) is 2.27. The lowest BCUT2D eigenvalue weighted by Crippen LogP contribution is -2.18. The van der Waals surface area contributed by atoms with E-state index in [1.54, 1.807) is 0 Å². The SMILES string of the molecule is CCOC(=O)C(O)c1c(F)cc(C(=O)O)cc1F. The van der Waals surface area contributed by atoms with Gasteiger partial charge < -0.3 is 14.9 Å². The second-order valence-corrected chi connectivity index (χ2v) is 3.31. The number of ether oxygens (including phenoxy) is 1. The number of hydrogen-bond acceptors (Lipinski definition) is 4. The van der Waals surface area contributed by atoms with Crippen molar-refractivity contribution in [3.8, 4) is 0 Å². The fraction of sp³-hybridized carbons (Fsp3) is 0.273. The average molecular weight is 260 g/mol. The van der Waals surface area contributed by atoms with Gasteiger partial charge in [-0.1, -0.05) is 0 Å². The highest BCUT2D eigenvalue weighted by Gasteiger charge is 2.27. The number of carboxylic acid groups (broad SMARTS) is 1. The molecule has 0 aliphatic rings. The zero-order valence-electron chi connectivity index (χ0n) is 9.31. The van der Waals surface area contributed by atoms with Crippen LogP contribution >= 0.6 is 0 Å². The molecule has 1 aromatic rings. The fourth-order valence-corrected chi connectivity index (χ4v) is 1.31. The van der Waals surface area contributed by atoms with Crippen LogP contribution in [0.5, 0.6) is 0 Å². The molecule has 0 bridgehead atoms. The highest BCUT2D eigenvalue weighted by atomic mass is 19.1. The molecule has 7 heteroatoms. The third-order valence-electron chi connectivity index (χ3n) is 2.11. The van der Waals surface area contributed by atoms with Gasteiger partial charge in [0.1, 0.15) is 11.6 Å². The maximum atomic E-state index is 13.5. The van der Waals surface area contributed by atoms with Gasteiger partial charge in [-0.05, 0) is 19.1 Å². The van der Waals surface area contributed by atoms with E-state index in [2.05, 4.69) is 4.74 Å². The van der Waals surface area contributed by atoms with Gasteiger partial charge in [0, 0.05) is 0 Å². The van der Waals surface area contributed by atoms with E-state index in [0.29, 0.717) is 12.1 Å². The smallest absolute Gasteiger partial charge is 0.339 e. The van der Waals surface area contributed by atoms with Crippen molar-refractivity contribution in [2.24, 2.45) is 0 Å². The van der Waals surface area contributed by atoms with Gasteiger partial charge in [0.25, 0.3) is 0 Å². The second-order valence-electron chi connectivity index (χ2n) is 3.31. The van der Waals surface area contributed by atoms with Gasteiger partial charge in [0.2, 0.25) is 0 Å². The lowest BCUT2D eigenvalue weighted by atomic mass is 10.1. The number of hydrogen-bond donors (Lipinski definition) is 2. The summed E-state index contributed by atoms with van der Waals surface area (Å²) in [4.78, 5) is 21.7. The van der Waals surface area contributed by atoms with Crippen molar-refractivity contribution in [2.75, 3.05) is 6.61 Å². The molecule has 0 saturated heterocycles. The molecule has 1 rings (SSSR count). The number of benzene rings is 1. The number of carboxylic acids is 1. The Bertz CT molecular complexity index is 463. The molecule has 1 atom stereocenters. The van der Waals surface area contributed by atoms with Crippen LogP contribution in [0.4, 0.5) is 8.78 Å². The Morgan fingerprint density at radius 3 is 2.22 bits per heavy atom. The van der Waals surface area contributed by atoms with Crippen LogP contribution in [-0.4, -0.2) is 28.8 Å². The first-order valence-corrected chi connectivity index (χ1v) is 4.95. The van der Waals surface area contributed by atoms with Crippen LogP contribution in [0.1, 0.15) is 28.9 Å². The van der Waals surface area contributed by atoms with Gasteiger partial charge in [0.05, 0.1) is 17.7 Å². The van der Waals surface area contributed by atoms with Gasteiger partial charge in [-0.15, -0.1) is 0 Å². The quantitative estimate of drug-likeness (QED) is 0.796. The van der Waals surface area contributed by atoms with E-state index in [-0.39, 0.29) is 6.61 Å². The number of aromatic carboxylic acids is 1. The van der Waals surface area contributed by atoms with Crippen molar-refractivity contribution >= 4 is 11.9 Å². The molecule has 98 valence electrons. The summed E-state index contributed by atoms with van der Waals surface area (Å²) in [6.45, 7) is 1.40. The molecule has 0 amide bonds. The van der Waals surface area contributed by atoms with Crippen LogP contribution in [0.25, 0.3) is 0 Å². The van der Waals surface area contributed by atoms with Crippen LogP contribution in [-0.2, 0) is 9.53 Å². The monoisotopic (exact) mass is 260 g/mol. The minimum atomic E-state index is -2.13. The van der Waals surface area contributed by atoms with Gasteiger partial charge >= 0.3 is 11.9 Å². The summed E-state index contributed by atoms with van der Waals surface area (Å²) in [6.07, 6.45) is -2.13. The summed E-state index contributed by atoms with van der Waals surface area (Å²) in [5.74, 6) is -5.38. The standard InChI is InChI=1S/C11H10F2O5/c1-2-18-11(17)9(14)8-6(12)3-5(10(15)16)4-7(8)13/h3-4,9,14H,2H2,1H3,(H,15,16). The maximum absolute atomic E-state index is 13.5. The van der Waals surface area contributed by atoms with Gasteiger partial charge in [-0.3, -0.25) is 0 Å². The van der Waals surface area contributed by atoms with E-state index in [1.807, 2.05) is 0 Å². The summed E-state index contributed by atoms with van der Waals surface area (Å²) < 4.78 is 31.3. The highest BCUT2D eigenvalue weighted by Crippen LogP contribution is 2.23. The van der Waals surface area contributed by atoms with Crippen molar-refractivity contribution in [3.63, 3.8) is 0 Å². The molecule has 0 aliphatic heterocycles. The molecule has 0 saturated carbocycles. The molecular formula is C11H10F2O5. The zero-order valence-corrected chi connectivity index (χ0v) is 9.31. The number of aliphatic hydroxyl groups is 1. The van der Waals surface area contributed by atoms with Crippen LogP contribution in [0.3, 0.4) is 0 Å². The van der Waals surface area contributed by atoms with Crippen LogP contribution < -0.4 is 0 Å². The summed E-state index contributed by atoms with van der Waals surface area (Å²) in [5, 5.41) is 18.0. The Kier molecular flexibility index (Phi) is 4.33. The summed E-state index contributed by atoms with van der Waals surface area (Å²) in [6, 6.07) is 1.03. The molecule has 0 spiro atoms. The topological polar surface area (TPSA) is 83.8 Å². The Balaban J connectivity index is 3.18. The Hall–Kier alpha value is -2.02. The second kappa shape index (κ2) is 5.54. The minimum absolute atomic E-state index is 0.0632. The number of carbonyl (C=O) groups excluding carboxylic acids is 1. The molecule has 1 unspecified atom stereocenters. The van der Waals surface area contributed by atoms with Crippen LogP contribution in [0, 0.1) is 11.6 Å². The van der Waals surface area contributed by atoms with Crippen molar-refractivity contribution in [1.29, 1.82) is 0 Å². The maximum Gasteiger partial charge on any atom is 0.339 e. The predicted octanol–water partition coefficient (Wildman–Crippen LogP) is 1.26. The highest BCUT2D eigenvalue weighted by molar-refractivity contribution is 5.88. The molecule has 0 aliphatic carbocycles. The number of esters is 1. The largest absolute Gasteiger partial charge is 0.478 e. The molecule has 0 heterocycles. The molecule has 0 aromatic heterocycles. The van der Waals surface area contributed by atoms with Crippen molar-refractivity contribution in [2.45, 2.75) is 13.0 Å². The fourth-order valence-electron chi connectivity index (χ4n) is 1.31. The van der Waals surface area contributed by atoms with E-state index in [0.717, 1.165) is 0 Å². The zero-order chi connectivity index (χ0) is 13.9. The number of carbonyl (C=O) groups is 2. The summed E-state index contributed by atoms with van der Waals surface area (Å²) in [7, 11) is 0. The van der Waals surface area contributed by atoms with Crippen LogP contribution in [0.15, 0.2) is 12.1 Å². The van der Waals surface area contributed by atoms with E-state index < -0.39 is 40.8 Å². The van der Waals surface area contributed by atoms with Crippen molar-refractivity contribution < 1.29 is 33.3 Å². The molecule has 0 radical (unpaired) electrons. The van der Waals surface area contributed by atoms with Crippen LogP contribution in [0.2, 0.25) is 0 Å². The summed E-state index contributed by atoms with van der Waals surface area (Å²) in [5.41, 5.74) is -1.55. The minimum Gasteiger partial charge on any atom is -0.478 e. The van der Waals surface area contributed by atoms with Gasteiger partial charge in [-0.25, -0.2) is 18.4 Å².